The molecule has 1 heterocycles. The summed E-state index contributed by atoms with van der Waals surface area (Å²) in [5.41, 5.74) is 4.27. The van der Waals surface area contributed by atoms with E-state index in [9.17, 15) is 13.2 Å². The monoisotopic (exact) mass is 388 g/mol. The third-order valence-electron chi connectivity index (χ3n) is 4.81. The van der Waals surface area contributed by atoms with E-state index in [0.717, 1.165) is 16.7 Å². The average Bonchev–Trinajstić information content (AvgIpc) is 2.65. The maximum absolute atomic E-state index is 12.6. The van der Waals surface area contributed by atoms with Crippen LogP contribution in [0.1, 0.15) is 27.0 Å². The van der Waals surface area contributed by atoms with Crippen molar-refractivity contribution in [1.82, 2.24) is 4.31 Å². The summed E-state index contributed by atoms with van der Waals surface area (Å²) in [6.07, 6.45) is 0. The van der Waals surface area contributed by atoms with Crippen LogP contribution in [0.5, 0.6) is 0 Å². The minimum Gasteiger partial charge on any atom is -0.379 e. The van der Waals surface area contributed by atoms with Gasteiger partial charge >= 0.3 is 0 Å². The van der Waals surface area contributed by atoms with Gasteiger partial charge in [0, 0.05) is 24.3 Å². The summed E-state index contributed by atoms with van der Waals surface area (Å²) in [5.74, 6) is -0.209. The molecule has 144 valence electrons. The molecular weight excluding hydrogens is 364 g/mol. The number of nitrogens with zero attached hydrogens (tertiary/aromatic N) is 1. The predicted octanol–water partition coefficient (Wildman–Crippen LogP) is 2.89. The average molecular weight is 388 g/mol. The van der Waals surface area contributed by atoms with Gasteiger partial charge in [0.15, 0.2) is 0 Å². The third-order valence-corrected chi connectivity index (χ3v) is 6.72. The lowest BCUT2D eigenvalue weighted by atomic mass is 10.0. The highest BCUT2D eigenvalue weighted by atomic mass is 32.2. The summed E-state index contributed by atoms with van der Waals surface area (Å²) in [6, 6.07) is 10.1. The Morgan fingerprint density at radius 3 is 2.19 bits per heavy atom. The molecule has 0 saturated carbocycles. The van der Waals surface area contributed by atoms with Crippen LogP contribution < -0.4 is 5.32 Å². The highest BCUT2D eigenvalue weighted by Crippen LogP contribution is 2.21. The van der Waals surface area contributed by atoms with Gasteiger partial charge in [-0.1, -0.05) is 6.07 Å². The summed E-state index contributed by atoms with van der Waals surface area (Å²) >= 11 is 0. The molecule has 3 rings (SSSR count). The Hall–Kier alpha value is -2.22. The van der Waals surface area contributed by atoms with Gasteiger partial charge in [0.25, 0.3) is 5.91 Å². The van der Waals surface area contributed by atoms with Crippen molar-refractivity contribution < 1.29 is 17.9 Å². The Morgan fingerprint density at radius 1 is 0.963 bits per heavy atom. The Bertz CT molecular complexity index is 947. The predicted molar refractivity (Wildman–Crippen MR) is 105 cm³/mol. The molecule has 0 bridgehead atoms. The molecule has 0 radical (unpaired) electrons. The van der Waals surface area contributed by atoms with E-state index in [1.807, 2.05) is 32.9 Å². The topological polar surface area (TPSA) is 75.7 Å². The first-order valence-electron chi connectivity index (χ1n) is 8.86. The molecule has 7 heteroatoms. The number of benzene rings is 2. The van der Waals surface area contributed by atoms with E-state index in [0.29, 0.717) is 37.6 Å². The zero-order valence-corrected chi connectivity index (χ0v) is 16.6. The Morgan fingerprint density at radius 2 is 1.56 bits per heavy atom. The standard InChI is InChI=1S/C20H24N2O4S/c1-14-12-16(3)19(13-15(14)2)20(23)21-17-4-6-18(7-5-17)27(24,25)22-8-10-26-11-9-22/h4-7,12-13H,8-11H2,1-3H3,(H,21,23). The molecule has 0 aliphatic carbocycles. The van der Waals surface area contributed by atoms with Gasteiger partial charge in [0.2, 0.25) is 10.0 Å². The summed E-state index contributed by atoms with van der Waals surface area (Å²) < 4.78 is 31.9. The summed E-state index contributed by atoms with van der Waals surface area (Å²) in [4.78, 5) is 12.8. The maximum Gasteiger partial charge on any atom is 0.255 e. The number of anilines is 1. The zero-order valence-electron chi connectivity index (χ0n) is 15.8. The van der Waals surface area contributed by atoms with Gasteiger partial charge in [0.05, 0.1) is 18.1 Å². The minimum atomic E-state index is -3.54. The van der Waals surface area contributed by atoms with Crippen molar-refractivity contribution in [2.24, 2.45) is 0 Å². The van der Waals surface area contributed by atoms with Crippen LogP contribution in [-0.2, 0) is 14.8 Å². The molecule has 1 aliphatic rings. The van der Waals surface area contributed by atoms with E-state index in [1.54, 1.807) is 12.1 Å². The molecule has 1 saturated heterocycles. The van der Waals surface area contributed by atoms with Gasteiger partial charge in [-0.15, -0.1) is 0 Å². The normalized spacial score (nSPS) is 15.5. The van der Waals surface area contributed by atoms with Crippen molar-refractivity contribution in [3.05, 3.63) is 58.7 Å². The molecule has 1 fully saturated rings. The van der Waals surface area contributed by atoms with Gasteiger partial charge in [-0.3, -0.25) is 4.79 Å². The SMILES string of the molecule is Cc1cc(C)c(C(=O)Nc2ccc(S(=O)(=O)N3CCOCC3)cc2)cc1C. The van der Waals surface area contributed by atoms with Gasteiger partial charge in [-0.25, -0.2) is 8.42 Å². The van der Waals surface area contributed by atoms with E-state index in [4.69, 9.17) is 4.74 Å². The van der Waals surface area contributed by atoms with Gasteiger partial charge in [-0.2, -0.15) is 4.31 Å². The van der Waals surface area contributed by atoms with Crippen LogP contribution in [0.25, 0.3) is 0 Å². The van der Waals surface area contributed by atoms with Crippen LogP contribution in [0.15, 0.2) is 41.3 Å². The molecule has 6 nitrogen and oxygen atoms in total. The largest absolute Gasteiger partial charge is 0.379 e. The summed E-state index contributed by atoms with van der Waals surface area (Å²) in [5, 5.41) is 2.84. The molecule has 0 aromatic heterocycles. The number of sulfonamides is 1. The maximum atomic E-state index is 12.6. The quantitative estimate of drug-likeness (QED) is 0.874. The van der Waals surface area contributed by atoms with Crippen LogP contribution in [0.4, 0.5) is 5.69 Å². The first-order valence-corrected chi connectivity index (χ1v) is 10.3. The number of aryl methyl sites for hydroxylation is 3. The van der Waals surface area contributed by atoms with E-state index >= 15 is 0 Å². The van der Waals surface area contributed by atoms with Gasteiger partial charge in [-0.05, 0) is 67.8 Å². The molecular formula is C20H24N2O4S. The highest BCUT2D eigenvalue weighted by molar-refractivity contribution is 7.89. The van der Waals surface area contributed by atoms with Crippen molar-refractivity contribution >= 4 is 21.6 Å². The Balaban J connectivity index is 1.76. The summed E-state index contributed by atoms with van der Waals surface area (Å²) in [6.45, 7) is 7.40. The second-order valence-corrected chi connectivity index (χ2v) is 8.68. The lowest BCUT2D eigenvalue weighted by Crippen LogP contribution is -2.40. The number of amides is 1. The molecule has 2 aromatic carbocycles. The molecule has 1 amide bonds. The van der Waals surface area contributed by atoms with Crippen LogP contribution in [0.3, 0.4) is 0 Å². The van der Waals surface area contributed by atoms with Crippen molar-refractivity contribution in [2.75, 3.05) is 31.6 Å². The molecule has 2 aromatic rings. The number of hydrogen-bond acceptors (Lipinski definition) is 4. The van der Waals surface area contributed by atoms with Crippen LogP contribution in [-0.4, -0.2) is 44.9 Å². The number of carbonyl (C=O) groups is 1. The van der Waals surface area contributed by atoms with Crippen molar-refractivity contribution in [3.63, 3.8) is 0 Å². The van der Waals surface area contributed by atoms with Crippen molar-refractivity contribution in [2.45, 2.75) is 25.7 Å². The highest BCUT2D eigenvalue weighted by Gasteiger charge is 2.26. The second kappa shape index (κ2) is 7.80. The molecule has 1 N–H and O–H groups in total. The van der Waals surface area contributed by atoms with Crippen LogP contribution in [0.2, 0.25) is 0 Å². The molecule has 1 aliphatic heterocycles. The molecule has 0 unspecified atom stereocenters. The molecule has 0 atom stereocenters. The Kier molecular flexibility index (Phi) is 5.64. The molecule has 27 heavy (non-hydrogen) atoms. The number of hydrogen-bond donors (Lipinski definition) is 1. The lowest BCUT2D eigenvalue weighted by molar-refractivity contribution is 0.0730. The van der Waals surface area contributed by atoms with Crippen molar-refractivity contribution in [3.8, 4) is 0 Å². The zero-order chi connectivity index (χ0) is 19.6. The van der Waals surface area contributed by atoms with Crippen LogP contribution >= 0.6 is 0 Å². The van der Waals surface area contributed by atoms with Crippen LogP contribution in [0, 0.1) is 20.8 Å². The smallest absolute Gasteiger partial charge is 0.255 e. The number of morpholine rings is 1. The first kappa shape index (κ1) is 19.5. The van der Waals surface area contributed by atoms with Gasteiger partial charge in [0.1, 0.15) is 0 Å². The first-order chi connectivity index (χ1) is 12.8. The number of nitrogens with one attached hydrogen (secondary N) is 1. The van der Waals surface area contributed by atoms with Gasteiger partial charge < -0.3 is 10.1 Å². The van der Waals surface area contributed by atoms with E-state index in [1.165, 1.54) is 16.4 Å². The number of carbonyl (C=O) groups excluding carboxylic acids is 1. The van der Waals surface area contributed by atoms with E-state index in [-0.39, 0.29) is 10.8 Å². The van der Waals surface area contributed by atoms with E-state index in [2.05, 4.69) is 5.32 Å². The number of rotatable bonds is 4. The fraction of sp³-hybridized carbons (Fsp3) is 0.350. The minimum absolute atomic E-state index is 0.209. The van der Waals surface area contributed by atoms with E-state index < -0.39 is 10.0 Å². The fourth-order valence-corrected chi connectivity index (χ4v) is 4.46. The Labute approximate surface area is 160 Å². The number of ether oxygens (including phenoxy) is 1. The lowest BCUT2D eigenvalue weighted by Gasteiger charge is -2.26. The second-order valence-electron chi connectivity index (χ2n) is 6.75. The van der Waals surface area contributed by atoms with Crippen molar-refractivity contribution in [1.29, 1.82) is 0 Å². The third kappa shape index (κ3) is 4.21. The molecule has 0 spiro atoms. The summed E-state index contributed by atoms with van der Waals surface area (Å²) in [7, 11) is -3.54. The fourth-order valence-electron chi connectivity index (χ4n) is 3.05.